The van der Waals surface area contributed by atoms with Gasteiger partial charge in [0.1, 0.15) is 0 Å². The van der Waals surface area contributed by atoms with Crippen LogP contribution in [0.15, 0.2) is 65.9 Å². The predicted octanol–water partition coefficient (Wildman–Crippen LogP) is 3.25. The molecule has 120 valence electrons. The highest BCUT2D eigenvalue weighted by atomic mass is 16.2. The van der Waals surface area contributed by atoms with E-state index < -0.39 is 0 Å². The summed E-state index contributed by atoms with van der Waals surface area (Å²) in [4.78, 5) is 12.3. The van der Waals surface area contributed by atoms with Gasteiger partial charge in [0, 0.05) is 0 Å². The molecule has 1 N–H and O–H groups in total. The first-order chi connectivity index (χ1) is 11.6. The van der Waals surface area contributed by atoms with Crippen molar-refractivity contribution in [3.8, 4) is 5.69 Å². The first-order valence-electron chi connectivity index (χ1n) is 7.65. The first kappa shape index (κ1) is 15.7. The van der Waals surface area contributed by atoms with Crippen LogP contribution in [0.4, 0.5) is 0 Å². The maximum Gasteiger partial charge on any atom is 0.274 e. The van der Waals surface area contributed by atoms with Crippen LogP contribution in [0.5, 0.6) is 0 Å². The number of hydrogen-bond donors (Lipinski definition) is 1. The molecule has 0 aliphatic heterocycles. The summed E-state index contributed by atoms with van der Waals surface area (Å²) < 4.78 is 1.73. The molecule has 0 unspecified atom stereocenters. The first-order valence-corrected chi connectivity index (χ1v) is 7.65. The second-order valence-corrected chi connectivity index (χ2v) is 5.50. The number of hydrogen-bond acceptors (Lipinski definition) is 3. The summed E-state index contributed by atoms with van der Waals surface area (Å²) in [5.41, 5.74) is 6.84. The molecule has 24 heavy (non-hydrogen) atoms. The lowest BCUT2D eigenvalue weighted by molar-refractivity contribution is 0.0954. The third kappa shape index (κ3) is 3.41. The Bertz CT molecular complexity index is 864. The van der Waals surface area contributed by atoms with Gasteiger partial charge in [-0.05, 0) is 31.5 Å². The van der Waals surface area contributed by atoms with Crippen molar-refractivity contribution in [3.63, 3.8) is 0 Å². The van der Waals surface area contributed by atoms with Crippen molar-refractivity contribution < 1.29 is 4.79 Å². The van der Waals surface area contributed by atoms with Gasteiger partial charge in [-0.2, -0.15) is 10.2 Å². The maximum atomic E-state index is 12.3. The lowest BCUT2D eigenvalue weighted by Crippen LogP contribution is -2.18. The molecule has 0 saturated carbocycles. The van der Waals surface area contributed by atoms with Crippen molar-refractivity contribution in [2.24, 2.45) is 5.10 Å². The van der Waals surface area contributed by atoms with Gasteiger partial charge in [0.25, 0.3) is 5.91 Å². The van der Waals surface area contributed by atoms with E-state index in [9.17, 15) is 4.79 Å². The minimum atomic E-state index is -0.280. The Labute approximate surface area is 140 Å². The highest BCUT2D eigenvalue weighted by molar-refractivity contribution is 5.95. The smallest absolute Gasteiger partial charge is 0.267 e. The van der Waals surface area contributed by atoms with Gasteiger partial charge in [0.15, 0.2) is 0 Å². The van der Waals surface area contributed by atoms with Crippen LogP contribution in [0.2, 0.25) is 0 Å². The van der Waals surface area contributed by atoms with E-state index in [1.807, 2.05) is 68.4 Å². The normalized spacial score (nSPS) is 10.9. The third-order valence-electron chi connectivity index (χ3n) is 3.71. The molecule has 3 aromatic rings. The fourth-order valence-electron chi connectivity index (χ4n) is 2.34. The standard InChI is InChI=1S/C19H18N4O/c1-14-8-10-16(11-9-14)12-20-22-19(24)18-13-21-23(15(18)2)17-6-4-3-5-7-17/h3-13H,1-2H3,(H,22,24)/b20-12+. The molecule has 0 bridgehead atoms. The maximum absolute atomic E-state index is 12.3. The molecular formula is C19H18N4O. The number of carbonyl (C=O) groups excluding carboxylic acids is 1. The Morgan fingerprint density at radius 1 is 1.08 bits per heavy atom. The minimum Gasteiger partial charge on any atom is -0.267 e. The largest absolute Gasteiger partial charge is 0.274 e. The molecule has 2 aromatic carbocycles. The molecule has 0 spiro atoms. The van der Waals surface area contributed by atoms with Crippen molar-refractivity contribution in [1.82, 2.24) is 15.2 Å². The van der Waals surface area contributed by atoms with E-state index in [4.69, 9.17) is 0 Å². The summed E-state index contributed by atoms with van der Waals surface area (Å²) in [5.74, 6) is -0.280. The summed E-state index contributed by atoms with van der Waals surface area (Å²) in [7, 11) is 0. The molecule has 0 atom stereocenters. The van der Waals surface area contributed by atoms with E-state index in [-0.39, 0.29) is 5.91 Å². The second kappa shape index (κ2) is 6.91. The van der Waals surface area contributed by atoms with Crippen molar-refractivity contribution >= 4 is 12.1 Å². The zero-order valence-electron chi connectivity index (χ0n) is 13.6. The zero-order chi connectivity index (χ0) is 16.9. The Kier molecular flexibility index (Phi) is 4.52. The molecule has 0 aliphatic carbocycles. The van der Waals surface area contributed by atoms with Crippen LogP contribution >= 0.6 is 0 Å². The lowest BCUT2D eigenvalue weighted by Gasteiger charge is -2.04. The highest BCUT2D eigenvalue weighted by Crippen LogP contribution is 2.13. The average molecular weight is 318 g/mol. The van der Waals surface area contributed by atoms with Crippen molar-refractivity contribution in [1.29, 1.82) is 0 Å². The number of nitrogens with zero attached hydrogens (tertiary/aromatic N) is 3. The molecule has 0 fully saturated rings. The van der Waals surface area contributed by atoms with E-state index in [0.717, 1.165) is 16.9 Å². The molecule has 1 amide bonds. The number of benzene rings is 2. The number of carbonyl (C=O) groups is 1. The van der Waals surface area contributed by atoms with E-state index in [2.05, 4.69) is 15.6 Å². The second-order valence-electron chi connectivity index (χ2n) is 5.50. The van der Waals surface area contributed by atoms with Gasteiger partial charge in [0.05, 0.1) is 29.4 Å². The van der Waals surface area contributed by atoms with Crippen LogP contribution in [-0.4, -0.2) is 21.9 Å². The molecule has 1 heterocycles. The third-order valence-corrected chi connectivity index (χ3v) is 3.71. The molecule has 0 aliphatic rings. The molecule has 1 aromatic heterocycles. The van der Waals surface area contributed by atoms with Crippen molar-refractivity contribution in [3.05, 3.63) is 83.2 Å². The summed E-state index contributed by atoms with van der Waals surface area (Å²) in [6.45, 7) is 3.88. The number of aromatic nitrogens is 2. The van der Waals surface area contributed by atoms with Gasteiger partial charge in [-0.25, -0.2) is 10.1 Å². The summed E-state index contributed by atoms with van der Waals surface area (Å²) in [6.07, 6.45) is 3.17. The summed E-state index contributed by atoms with van der Waals surface area (Å²) in [6, 6.07) is 17.6. The fraction of sp³-hybridized carbons (Fsp3) is 0.105. The van der Waals surface area contributed by atoms with Crippen LogP contribution < -0.4 is 5.43 Å². The van der Waals surface area contributed by atoms with Crippen LogP contribution in [0.25, 0.3) is 5.69 Å². The van der Waals surface area contributed by atoms with Gasteiger partial charge in [0.2, 0.25) is 0 Å². The van der Waals surface area contributed by atoms with Gasteiger partial charge in [-0.1, -0.05) is 48.0 Å². The van der Waals surface area contributed by atoms with Crippen LogP contribution in [0, 0.1) is 13.8 Å². The fourth-order valence-corrected chi connectivity index (χ4v) is 2.34. The zero-order valence-corrected chi connectivity index (χ0v) is 13.6. The van der Waals surface area contributed by atoms with Gasteiger partial charge >= 0.3 is 0 Å². The van der Waals surface area contributed by atoms with Crippen molar-refractivity contribution in [2.45, 2.75) is 13.8 Å². The Hall–Kier alpha value is -3.21. The molecule has 5 nitrogen and oxygen atoms in total. The van der Waals surface area contributed by atoms with E-state index in [1.165, 1.54) is 5.56 Å². The number of nitrogens with one attached hydrogen (secondary N) is 1. The van der Waals surface area contributed by atoms with E-state index in [1.54, 1.807) is 17.1 Å². The van der Waals surface area contributed by atoms with Gasteiger partial charge in [-0.15, -0.1) is 0 Å². The topological polar surface area (TPSA) is 59.3 Å². The van der Waals surface area contributed by atoms with Crippen LogP contribution in [0.1, 0.15) is 27.2 Å². The highest BCUT2D eigenvalue weighted by Gasteiger charge is 2.14. The summed E-state index contributed by atoms with van der Waals surface area (Å²) >= 11 is 0. The molecule has 5 heteroatoms. The number of para-hydroxylation sites is 1. The van der Waals surface area contributed by atoms with Crippen molar-refractivity contribution in [2.75, 3.05) is 0 Å². The summed E-state index contributed by atoms with van der Waals surface area (Å²) in [5, 5.41) is 8.30. The molecular weight excluding hydrogens is 300 g/mol. The Balaban J connectivity index is 1.72. The molecule has 0 saturated heterocycles. The Morgan fingerprint density at radius 3 is 2.50 bits per heavy atom. The predicted molar refractivity (Wildman–Crippen MR) is 94.5 cm³/mol. The average Bonchev–Trinajstić information content (AvgIpc) is 2.99. The van der Waals surface area contributed by atoms with Gasteiger partial charge in [-0.3, -0.25) is 4.79 Å². The minimum absolute atomic E-state index is 0.280. The van der Waals surface area contributed by atoms with E-state index in [0.29, 0.717) is 5.56 Å². The number of hydrazone groups is 1. The van der Waals surface area contributed by atoms with E-state index >= 15 is 0 Å². The SMILES string of the molecule is Cc1ccc(/C=N/NC(=O)c2cnn(-c3ccccc3)c2C)cc1. The van der Waals surface area contributed by atoms with Gasteiger partial charge < -0.3 is 0 Å². The monoisotopic (exact) mass is 318 g/mol. The van der Waals surface area contributed by atoms with Crippen LogP contribution in [0.3, 0.4) is 0 Å². The quantitative estimate of drug-likeness (QED) is 0.593. The number of aryl methyl sites for hydroxylation is 1. The molecule has 3 rings (SSSR count). The Morgan fingerprint density at radius 2 is 1.79 bits per heavy atom. The molecule has 0 radical (unpaired) electrons. The lowest BCUT2D eigenvalue weighted by atomic mass is 10.2. The number of rotatable bonds is 4. The van der Waals surface area contributed by atoms with Crippen LogP contribution in [-0.2, 0) is 0 Å². The number of amides is 1.